The van der Waals surface area contributed by atoms with Gasteiger partial charge >= 0.3 is 5.97 Å². The molecule has 1 aliphatic carbocycles. The molecule has 3 nitrogen and oxygen atoms in total. The third kappa shape index (κ3) is 1.54. The first-order chi connectivity index (χ1) is 6.27. The summed E-state index contributed by atoms with van der Waals surface area (Å²) >= 11 is 0. The number of nitrogens with zero attached hydrogens (tertiary/aromatic N) is 1. The van der Waals surface area contributed by atoms with Crippen molar-refractivity contribution in [2.24, 2.45) is 0 Å². The van der Waals surface area contributed by atoms with Crippen LogP contribution in [0.1, 0.15) is 30.7 Å². The summed E-state index contributed by atoms with van der Waals surface area (Å²) in [5.41, 5.74) is 2.13. The number of aryl methyl sites for hydroxylation is 1. The van der Waals surface area contributed by atoms with Gasteiger partial charge < -0.3 is 4.74 Å². The van der Waals surface area contributed by atoms with E-state index in [1.165, 1.54) is 12.5 Å². The van der Waals surface area contributed by atoms with Crippen LogP contribution in [0.3, 0.4) is 0 Å². The molecule has 0 bridgehead atoms. The van der Waals surface area contributed by atoms with Crippen molar-refractivity contribution in [2.45, 2.75) is 25.9 Å². The highest BCUT2D eigenvalue weighted by Crippen LogP contribution is 2.31. The standard InChI is InChI=1S/C10H11NO2/c1-7(12)13-9-5-4-8-3-2-6-11-10(8)9/h2-3,6,9H,4-5H2,1H3. The monoisotopic (exact) mass is 177 g/mol. The zero-order valence-corrected chi connectivity index (χ0v) is 7.49. The van der Waals surface area contributed by atoms with Crippen LogP contribution in [-0.2, 0) is 16.0 Å². The minimum absolute atomic E-state index is 0.117. The third-order valence-corrected chi connectivity index (χ3v) is 2.22. The molecule has 0 saturated carbocycles. The predicted molar refractivity (Wildman–Crippen MR) is 47.1 cm³/mol. The van der Waals surface area contributed by atoms with Gasteiger partial charge in [0.15, 0.2) is 0 Å². The van der Waals surface area contributed by atoms with E-state index in [1.54, 1.807) is 6.20 Å². The number of carbonyl (C=O) groups excluding carboxylic acids is 1. The van der Waals surface area contributed by atoms with Gasteiger partial charge in [-0.15, -0.1) is 0 Å². The van der Waals surface area contributed by atoms with Crippen molar-refractivity contribution < 1.29 is 9.53 Å². The van der Waals surface area contributed by atoms with E-state index in [0.29, 0.717) is 0 Å². The molecule has 0 saturated heterocycles. The molecule has 0 aromatic carbocycles. The fourth-order valence-corrected chi connectivity index (χ4v) is 1.69. The molecule has 1 aromatic rings. The minimum Gasteiger partial charge on any atom is -0.456 e. The summed E-state index contributed by atoms with van der Waals surface area (Å²) in [6, 6.07) is 3.95. The molecule has 1 unspecified atom stereocenters. The number of hydrogen-bond acceptors (Lipinski definition) is 3. The van der Waals surface area contributed by atoms with E-state index in [2.05, 4.69) is 4.98 Å². The molecule has 0 radical (unpaired) electrons. The Morgan fingerprint density at radius 1 is 1.69 bits per heavy atom. The number of carbonyl (C=O) groups is 1. The summed E-state index contributed by atoms with van der Waals surface area (Å²) in [6.45, 7) is 1.43. The van der Waals surface area contributed by atoms with E-state index in [4.69, 9.17) is 4.74 Å². The SMILES string of the molecule is CC(=O)OC1CCc2cccnc21. The van der Waals surface area contributed by atoms with Crippen LogP contribution >= 0.6 is 0 Å². The average Bonchev–Trinajstić information content (AvgIpc) is 2.48. The maximum atomic E-state index is 10.8. The van der Waals surface area contributed by atoms with Crippen molar-refractivity contribution in [3.8, 4) is 0 Å². The fourth-order valence-electron chi connectivity index (χ4n) is 1.69. The Bertz CT molecular complexity index is 335. The van der Waals surface area contributed by atoms with Crippen LogP contribution in [0, 0.1) is 0 Å². The molecule has 68 valence electrons. The smallest absolute Gasteiger partial charge is 0.303 e. The molecule has 13 heavy (non-hydrogen) atoms. The Morgan fingerprint density at radius 2 is 2.54 bits per heavy atom. The van der Waals surface area contributed by atoms with Crippen LogP contribution in [0.5, 0.6) is 0 Å². The van der Waals surface area contributed by atoms with Gasteiger partial charge in [0.25, 0.3) is 0 Å². The van der Waals surface area contributed by atoms with E-state index >= 15 is 0 Å². The molecule has 3 heteroatoms. The molecule has 1 aromatic heterocycles. The molecule has 1 atom stereocenters. The number of aromatic nitrogens is 1. The summed E-state index contributed by atoms with van der Waals surface area (Å²) in [5.74, 6) is -0.233. The summed E-state index contributed by atoms with van der Waals surface area (Å²) < 4.78 is 5.14. The Balaban J connectivity index is 2.23. The fraction of sp³-hybridized carbons (Fsp3) is 0.400. The first-order valence-electron chi connectivity index (χ1n) is 4.38. The molecule has 2 rings (SSSR count). The van der Waals surface area contributed by atoms with Gasteiger partial charge in [0.1, 0.15) is 6.10 Å². The molecule has 0 aliphatic heterocycles. The first-order valence-corrected chi connectivity index (χ1v) is 4.38. The maximum absolute atomic E-state index is 10.8. The Labute approximate surface area is 76.7 Å². The van der Waals surface area contributed by atoms with Crippen molar-refractivity contribution in [3.05, 3.63) is 29.6 Å². The predicted octanol–water partition coefficient (Wildman–Crippen LogP) is 1.63. The van der Waals surface area contributed by atoms with E-state index < -0.39 is 0 Å². The van der Waals surface area contributed by atoms with Crippen molar-refractivity contribution in [3.63, 3.8) is 0 Å². The van der Waals surface area contributed by atoms with Gasteiger partial charge in [-0.3, -0.25) is 9.78 Å². The number of pyridine rings is 1. The van der Waals surface area contributed by atoms with Gasteiger partial charge in [0, 0.05) is 13.1 Å². The minimum atomic E-state index is -0.233. The number of fused-ring (bicyclic) bond motifs is 1. The quantitative estimate of drug-likeness (QED) is 0.612. The van der Waals surface area contributed by atoms with Crippen LogP contribution in [0.4, 0.5) is 0 Å². The average molecular weight is 177 g/mol. The van der Waals surface area contributed by atoms with Gasteiger partial charge in [-0.05, 0) is 24.5 Å². The van der Waals surface area contributed by atoms with Crippen molar-refractivity contribution in [1.29, 1.82) is 0 Å². The maximum Gasteiger partial charge on any atom is 0.303 e. The number of rotatable bonds is 1. The van der Waals surface area contributed by atoms with E-state index in [9.17, 15) is 4.79 Å². The lowest BCUT2D eigenvalue weighted by atomic mass is 10.2. The largest absolute Gasteiger partial charge is 0.456 e. The lowest BCUT2D eigenvalue weighted by molar-refractivity contribution is -0.146. The molecule has 0 N–H and O–H groups in total. The van der Waals surface area contributed by atoms with Crippen LogP contribution < -0.4 is 0 Å². The van der Waals surface area contributed by atoms with Gasteiger partial charge in [0.05, 0.1) is 5.69 Å². The summed E-state index contributed by atoms with van der Waals surface area (Å²) in [5, 5.41) is 0. The third-order valence-electron chi connectivity index (χ3n) is 2.22. The topological polar surface area (TPSA) is 39.2 Å². The Kier molecular flexibility index (Phi) is 2.00. The number of hydrogen-bond donors (Lipinski definition) is 0. The Hall–Kier alpha value is -1.38. The summed E-state index contributed by atoms with van der Waals surface area (Å²) in [4.78, 5) is 15.0. The van der Waals surface area contributed by atoms with Crippen LogP contribution in [0.25, 0.3) is 0 Å². The van der Waals surface area contributed by atoms with Gasteiger partial charge in [-0.1, -0.05) is 6.07 Å². The normalized spacial score (nSPS) is 19.6. The molecule has 0 spiro atoms. The van der Waals surface area contributed by atoms with Gasteiger partial charge in [-0.2, -0.15) is 0 Å². The first kappa shape index (κ1) is 8.23. The van der Waals surface area contributed by atoms with E-state index in [0.717, 1.165) is 18.5 Å². The number of esters is 1. The second-order valence-electron chi connectivity index (χ2n) is 3.18. The van der Waals surface area contributed by atoms with Crippen LogP contribution in [-0.4, -0.2) is 11.0 Å². The number of ether oxygens (including phenoxy) is 1. The zero-order chi connectivity index (χ0) is 9.26. The highest BCUT2D eigenvalue weighted by molar-refractivity contribution is 5.66. The summed E-state index contributed by atoms with van der Waals surface area (Å²) in [7, 11) is 0. The molecule has 0 amide bonds. The molecule has 0 fully saturated rings. The molecular weight excluding hydrogens is 166 g/mol. The van der Waals surface area contributed by atoms with Crippen molar-refractivity contribution in [1.82, 2.24) is 4.98 Å². The van der Waals surface area contributed by atoms with Crippen molar-refractivity contribution >= 4 is 5.97 Å². The van der Waals surface area contributed by atoms with Crippen LogP contribution in [0.2, 0.25) is 0 Å². The summed E-state index contributed by atoms with van der Waals surface area (Å²) in [6.07, 6.45) is 3.45. The zero-order valence-electron chi connectivity index (χ0n) is 7.49. The van der Waals surface area contributed by atoms with Gasteiger partial charge in [-0.25, -0.2) is 0 Å². The van der Waals surface area contributed by atoms with Crippen LogP contribution in [0.15, 0.2) is 18.3 Å². The molecule has 1 aliphatic rings. The lowest BCUT2D eigenvalue weighted by Gasteiger charge is -2.09. The van der Waals surface area contributed by atoms with E-state index in [-0.39, 0.29) is 12.1 Å². The Morgan fingerprint density at radius 3 is 3.31 bits per heavy atom. The lowest BCUT2D eigenvalue weighted by Crippen LogP contribution is -2.06. The second-order valence-corrected chi connectivity index (χ2v) is 3.18. The highest BCUT2D eigenvalue weighted by Gasteiger charge is 2.25. The molecule has 1 heterocycles. The van der Waals surface area contributed by atoms with E-state index in [1.807, 2.05) is 12.1 Å². The highest BCUT2D eigenvalue weighted by atomic mass is 16.5. The van der Waals surface area contributed by atoms with Crippen molar-refractivity contribution in [2.75, 3.05) is 0 Å². The van der Waals surface area contributed by atoms with Gasteiger partial charge in [0.2, 0.25) is 0 Å². The molecular formula is C10H11NO2. The second kappa shape index (κ2) is 3.17.